The highest BCUT2D eigenvalue weighted by Gasteiger charge is 2.26. The van der Waals surface area contributed by atoms with E-state index in [-0.39, 0.29) is 18.6 Å². The van der Waals surface area contributed by atoms with Crippen LogP contribution in [0.2, 0.25) is 0 Å². The second-order valence-electron chi connectivity index (χ2n) is 5.87. The van der Waals surface area contributed by atoms with Crippen LogP contribution in [0.1, 0.15) is 29.6 Å². The molecule has 1 aliphatic heterocycles. The molecule has 3 rings (SSSR count). The third-order valence-corrected chi connectivity index (χ3v) is 4.38. The van der Waals surface area contributed by atoms with E-state index in [0.29, 0.717) is 18.0 Å². The van der Waals surface area contributed by atoms with Crippen LogP contribution in [0.3, 0.4) is 0 Å². The van der Waals surface area contributed by atoms with Gasteiger partial charge in [0.25, 0.3) is 5.91 Å². The zero-order valence-electron chi connectivity index (χ0n) is 13.7. The van der Waals surface area contributed by atoms with Crippen molar-refractivity contribution < 1.29 is 14.6 Å². The van der Waals surface area contributed by atoms with E-state index in [1.54, 1.807) is 30.2 Å². The first-order valence-electron chi connectivity index (χ1n) is 8.13. The molecular formula is C18H21N3O3. The van der Waals surface area contributed by atoms with E-state index < -0.39 is 0 Å². The Labute approximate surface area is 141 Å². The van der Waals surface area contributed by atoms with Gasteiger partial charge in [0.1, 0.15) is 0 Å². The monoisotopic (exact) mass is 327 g/mol. The Hall–Kier alpha value is -2.47. The van der Waals surface area contributed by atoms with Crippen molar-refractivity contribution in [1.29, 1.82) is 0 Å². The average molecular weight is 327 g/mol. The van der Waals surface area contributed by atoms with Crippen molar-refractivity contribution in [1.82, 2.24) is 15.1 Å². The lowest BCUT2D eigenvalue weighted by Gasteiger charge is -2.34. The number of carbonyl (C=O) groups excluding carboxylic acids is 1. The fraction of sp³-hybridized carbons (Fsp3) is 0.389. The van der Waals surface area contributed by atoms with Crippen LogP contribution in [0.25, 0.3) is 11.3 Å². The van der Waals surface area contributed by atoms with Gasteiger partial charge in [0.05, 0.1) is 25.5 Å². The standard InChI is InChI=1S/C18H21N3O3/c1-24-17-10-9-16(19-20-17)13-5-7-14(8-6-13)18(23)21-11-3-2-4-15(21)12-22/h5-10,15,22H,2-4,11-12H2,1H3. The topological polar surface area (TPSA) is 75.5 Å². The smallest absolute Gasteiger partial charge is 0.254 e. The van der Waals surface area contributed by atoms with Crippen LogP contribution < -0.4 is 4.74 Å². The van der Waals surface area contributed by atoms with Crippen LogP contribution in [0.15, 0.2) is 36.4 Å². The van der Waals surface area contributed by atoms with E-state index in [0.717, 1.165) is 30.5 Å². The minimum Gasteiger partial charge on any atom is -0.480 e. The Morgan fingerprint density at radius 3 is 2.62 bits per heavy atom. The van der Waals surface area contributed by atoms with Crippen molar-refractivity contribution in [2.24, 2.45) is 0 Å². The van der Waals surface area contributed by atoms with Gasteiger partial charge in [-0.25, -0.2) is 0 Å². The Kier molecular flexibility index (Phi) is 5.05. The van der Waals surface area contributed by atoms with Gasteiger partial charge in [-0.3, -0.25) is 4.79 Å². The van der Waals surface area contributed by atoms with Crippen LogP contribution in [-0.2, 0) is 0 Å². The minimum absolute atomic E-state index is 0.0191. The van der Waals surface area contributed by atoms with Gasteiger partial charge in [-0.05, 0) is 37.5 Å². The zero-order chi connectivity index (χ0) is 16.9. The van der Waals surface area contributed by atoms with Gasteiger partial charge in [0.2, 0.25) is 5.88 Å². The number of amides is 1. The number of aliphatic hydroxyl groups is 1. The number of ether oxygens (including phenoxy) is 1. The SMILES string of the molecule is COc1ccc(-c2ccc(C(=O)N3CCCCC3CO)cc2)nn1. The summed E-state index contributed by atoms with van der Waals surface area (Å²) in [6.45, 7) is 0.723. The summed E-state index contributed by atoms with van der Waals surface area (Å²) in [6.07, 6.45) is 2.91. The van der Waals surface area contributed by atoms with E-state index in [1.807, 2.05) is 18.2 Å². The fourth-order valence-corrected chi connectivity index (χ4v) is 2.99. The molecule has 2 heterocycles. The number of methoxy groups -OCH3 is 1. The third kappa shape index (κ3) is 3.38. The van der Waals surface area contributed by atoms with Crippen LogP contribution >= 0.6 is 0 Å². The van der Waals surface area contributed by atoms with Crippen molar-refractivity contribution in [3.05, 3.63) is 42.0 Å². The molecule has 0 bridgehead atoms. The summed E-state index contributed by atoms with van der Waals surface area (Å²) < 4.78 is 5.00. The molecule has 24 heavy (non-hydrogen) atoms. The molecule has 1 N–H and O–H groups in total. The predicted molar refractivity (Wildman–Crippen MR) is 89.8 cm³/mol. The van der Waals surface area contributed by atoms with Crippen molar-refractivity contribution in [2.45, 2.75) is 25.3 Å². The fourth-order valence-electron chi connectivity index (χ4n) is 2.99. The summed E-state index contributed by atoms with van der Waals surface area (Å²) in [6, 6.07) is 10.8. The van der Waals surface area contributed by atoms with Gasteiger partial charge < -0.3 is 14.7 Å². The molecular weight excluding hydrogens is 306 g/mol. The minimum atomic E-state index is -0.0709. The summed E-state index contributed by atoms with van der Waals surface area (Å²) in [5.41, 5.74) is 2.24. The van der Waals surface area contributed by atoms with Crippen LogP contribution in [0.5, 0.6) is 5.88 Å². The molecule has 1 amide bonds. The van der Waals surface area contributed by atoms with Crippen molar-refractivity contribution in [3.63, 3.8) is 0 Å². The summed E-state index contributed by atoms with van der Waals surface area (Å²) in [5, 5.41) is 17.5. The third-order valence-electron chi connectivity index (χ3n) is 4.38. The number of benzene rings is 1. The maximum atomic E-state index is 12.7. The molecule has 1 fully saturated rings. The molecule has 2 aromatic rings. The molecule has 0 aliphatic carbocycles. The van der Waals surface area contributed by atoms with Crippen molar-refractivity contribution in [3.8, 4) is 17.1 Å². The predicted octanol–water partition coefficient (Wildman–Crippen LogP) is 2.14. The molecule has 1 aromatic heterocycles. The molecule has 1 atom stereocenters. The Balaban J connectivity index is 1.76. The number of nitrogens with zero attached hydrogens (tertiary/aromatic N) is 3. The normalized spacial score (nSPS) is 17.6. The molecule has 0 spiro atoms. The lowest BCUT2D eigenvalue weighted by atomic mass is 10.0. The number of aromatic nitrogens is 2. The highest BCUT2D eigenvalue weighted by atomic mass is 16.5. The van der Waals surface area contributed by atoms with Gasteiger partial charge in [-0.15, -0.1) is 10.2 Å². The van der Waals surface area contributed by atoms with E-state index in [1.165, 1.54) is 0 Å². The van der Waals surface area contributed by atoms with E-state index >= 15 is 0 Å². The second kappa shape index (κ2) is 7.40. The van der Waals surface area contributed by atoms with Gasteiger partial charge in [0, 0.05) is 23.7 Å². The molecule has 6 nitrogen and oxygen atoms in total. The molecule has 0 radical (unpaired) electrons. The van der Waals surface area contributed by atoms with Crippen LogP contribution in [-0.4, -0.2) is 52.4 Å². The molecule has 1 saturated heterocycles. The molecule has 1 unspecified atom stereocenters. The number of piperidine rings is 1. The second-order valence-corrected chi connectivity index (χ2v) is 5.87. The van der Waals surface area contributed by atoms with E-state index in [2.05, 4.69) is 10.2 Å². The average Bonchev–Trinajstić information content (AvgIpc) is 2.67. The maximum absolute atomic E-state index is 12.7. The molecule has 0 saturated carbocycles. The number of aliphatic hydroxyl groups excluding tert-OH is 1. The maximum Gasteiger partial charge on any atom is 0.254 e. The lowest BCUT2D eigenvalue weighted by Crippen LogP contribution is -2.45. The Morgan fingerprint density at radius 2 is 2.00 bits per heavy atom. The number of likely N-dealkylation sites (tertiary alicyclic amines) is 1. The largest absolute Gasteiger partial charge is 0.480 e. The number of hydrogen-bond acceptors (Lipinski definition) is 5. The first kappa shape index (κ1) is 16.4. The molecule has 1 aromatic carbocycles. The summed E-state index contributed by atoms with van der Waals surface area (Å²) in [7, 11) is 1.55. The first-order valence-corrected chi connectivity index (χ1v) is 8.13. The van der Waals surface area contributed by atoms with Gasteiger partial charge >= 0.3 is 0 Å². The van der Waals surface area contributed by atoms with Crippen molar-refractivity contribution >= 4 is 5.91 Å². The Morgan fingerprint density at radius 1 is 1.21 bits per heavy atom. The van der Waals surface area contributed by atoms with Crippen molar-refractivity contribution in [2.75, 3.05) is 20.3 Å². The zero-order valence-corrected chi connectivity index (χ0v) is 13.7. The molecule has 1 aliphatic rings. The molecule has 6 heteroatoms. The quantitative estimate of drug-likeness (QED) is 0.931. The lowest BCUT2D eigenvalue weighted by molar-refractivity contribution is 0.0503. The number of rotatable bonds is 4. The van der Waals surface area contributed by atoms with Crippen LogP contribution in [0, 0.1) is 0 Å². The van der Waals surface area contributed by atoms with Gasteiger partial charge in [-0.2, -0.15) is 0 Å². The highest BCUT2D eigenvalue weighted by Crippen LogP contribution is 2.22. The van der Waals surface area contributed by atoms with E-state index in [4.69, 9.17) is 4.74 Å². The number of hydrogen-bond donors (Lipinski definition) is 1. The summed E-state index contributed by atoms with van der Waals surface area (Å²) in [4.78, 5) is 14.5. The number of carbonyl (C=O) groups is 1. The first-order chi connectivity index (χ1) is 11.7. The summed E-state index contributed by atoms with van der Waals surface area (Å²) >= 11 is 0. The summed E-state index contributed by atoms with van der Waals surface area (Å²) in [5.74, 6) is 0.437. The highest BCUT2D eigenvalue weighted by molar-refractivity contribution is 5.95. The van der Waals surface area contributed by atoms with Gasteiger partial charge in [-0.1, -0.05) is 12.1 Å². The van der Waals surface area contributed by atoms with Gasteiger partial charge in [0.15, 0.2) is 0 Å². The molecule has 126 valence electrons. The Bertz CT molecular complexity index is 686. The van der Waals surface area contributed by atoms with E-state index in [9.17, 15) is 9.90 Å². The van der Waals surface area contributed by atoms with Crippen LogP contribution in [0.4, 0.5) is 0 Å².